The van der Waals surface area contributed by atoms with Gasteiger partial charge >= 0.3 is 5.97 Å². The van der Waals surface area contributed by atoms with E-state index >= 15 is 0 Å². The number of nitrogens with zero attached hydrogens (tertiary/aromatic N) is 2. The lowest BCUT2D eigenvalue weighted by molar-refractivity contribution is -0.138. The Morgan fingerprint density at radius 1 is 0.957 bits per heavy atom. The molecule has 2 heterocycles. The molecule has 6 rings (SSSR count). The fourth-order valence-electron chi connectivity index (χ4n) is 5.39. The third kappa shape index (κ3) is 6.65. The number of halogens is 1. The molecular formula is C37H31BrN2O6S. The van der Waals surface area contributed by atoms with E-state index in [1.165, 1.54) is 11.3 Å². The summed E-state index contributed by atoms with van der Waals surface area (Å²) >= 11 is 4.88. The number of benzene rings is 4. The van der Waals surface area contributed by atoms with Gasteiger partial charge < -0.3 is 18.9 Å². The minimum atomic E-state index is -0.788. The van der Waals surface area contributed by atoms with E-state index in [1.807, 2.05) is 84.9 Å². The Kier molecular flexibility index (Phi) is 9.70. The van der Waals surface area contributed by atoms with Crippen LogP contribution < -0.4 is 29.1 Å². The number of thiazole rings is 1. The third-order valence-corrected chi connectivity index (χ3v) is 9.15. The van der Waals surface area contributed by atoms with Crippen LogP contribution in [0.2, 0.25) is 0 Å². The van der Waals surface area contributed by atoms with Crippen molar-refractivity contribution in [3.63, 3.8) is 0 Å². The quantitative estimate of drug-likeness (QED) is 0.158. The van der Waals surface area contributed by atoms with Crippen molar-refractivity contribution in [1.29, 1.82) is 0 Å². The minimum Gasteiger partial charge on any atom is -0.497 e. The Labute approximate surface area is 284 Å². The van der Waals surface area contributed by atoms with Crippen molar-refractivity contribution in [2.45, 2.75) is 19.6 Å². The van der Waals surface area contributed by atoms with Crippen LogP contribution in [-0.2, 0) is 16.1 Å². The maximum Gasteiger partial charge on any atom is 0.338 e. The number of carbonyl (C=O) groups is 1. The summed E-state index contributed by atoms with van der Waals surface area (Å²) in [5, 5.41) is 0. The van der Waals surface area contributed by atoms with Gasteiger partial charge in [-0.15, -0.1) is 0 Å². The van der Waals surface area contributed by atoms with Gasteiger partial charge in [0.05, 0.1) is 47.1 Å². The largest absolute Gasteiger partial charge is 0.497 e. The summed E-state index contributed by atoms with van der Waals surface area (Å²) in [7, 11) is 3.16. The second kappa shape index (κ2) is 14.2. The summed E-state index contributed by atoms with van der Waals surface area (Å²) in [6.07, 6.45) is 1.79. The number of rotatable bonds is 10. The highest BCUT2D eigenvalue weighted by atomic mass is 79.9. The zero-order valence-electron chi connectivity index (χ0n) is 25.9. The predicted molar refractivity (Wildman–Crippen MR) is 186 cm³/mol. The molecule has 4 aromatic carbocycles. The highest BCUT2D eigenvalue weighted by Crippen LogP contribution is 2.38. The van der Waals surface area contributed by atoms with Crippen LogP contribution in [0.3, 0.4) is 0 Å². The van der Waals surface area contributed by atoms with Crippen LogP contribution in [0, 0.1) is 0 Å². The average molecular weight is 712 g/mol. The van der Waals surface area contributed by atoms with Gasteiger partial charge in [-0.2, -0.15) is 0 Å². The molecule has 1 atom stereocenters. The standard InChI is InChI=1S/C37H31BrN2O6S/c1-4-45-36(42)31-32(25-13-9-6-10-14-25)39-37-40(33(31)26-15-17-27(43-2)18-16-26)35(41)30(47-37)21-24-19-28(38)34(29(20-24)44-3)46-22-23-11-7-5-8-12-23/h5-21,33H,4,22H2,1-3H3/b30-21-/t33-/m1/s1. The first-order valence-corrected chi connectivity index (χ1v) is 16.5. The number of hydrogen-bond donors (Lipinski definition) is 0. The van der Waals surface area contributed by atoms with E-state index in [0.29, 0.717) is 48.9 Å². The second-order valence-electron chi connectivity index (χ2n) is 10.5. The fourth-order valence-corrected chi connectivity index (χ4v) is 6.96. The molecule has 0 fully saturated rings. The van der Waals surface area contributed by atoms with Gasteiger partial charge in [-0.05, 0) is 69.9 Å². The van der Waals surface area contributed by atoms with Crippen molar-refractivity contribution in [2.24, 2.45) is 4.99 Å². The summed E-state index contributed by atoms with van der Waals surface area (Å²) in [6.45, 7) is 2.29. The number of methoxy groups -OCH3 is 2. The molecule has 5 aromatic rings. The lowest BCUT2D eigenvalue weighted by atomic mass is 9.93. The molecule has 8 nitrogen and oxygen atoms in total. The first kappa shape index (κ1) is 32.0. The van der Waals surface area contributed by atoms with Crippen molar-refractivity contribution in [2.75, 3.05) is 20.8 Å². The molecule has 47 heavy (non-hydrogen) atoms. The maximum absolute atomic E-state index is 14.3. The van der Waals surface area contributed by atoms with E-state index < -0.39 is 12.0 Å². The highest BCUT2D eigenvalue weighted by Gasteiger charge is 2.35. The van der Waals surface area contributed by atoms with Gasteiger partial charge in [0.15, 0.2) is 16.3 Å². The Morgan fingerprint density at radius 3 is 2.32 bits per heavy atom. The molecule has 0 radical (unpaired) electrons. The van der Waals surface area contributed by atoms with Crippen LogP contribution >= 0.6 is 27.3 Å². The minimum absolute atomic E-state index is 0.173. The molecule has 0 amide bonds. The highest BCUT2D eigenvalue weighted by molar-refractivity contribution is 9.10. The number of aromatic nitrogens is 1. The van der Waals surface area contributed by atoms with Gasteiger partial charge in [-0.25, -0.2) is 9.79 Å². The van der Waals surface area contributed by atoms with E-state index in [-0.39, 0.29) is 17.7 Å². The SMILES string of the molecule is CCOC(=O)C1=C(c2ccccc2)N=c2s/c(=C\c3cc(Br)c(OCc4ccccc4)c(OC)c3)c(=O)n2[C@@H]1c1ccc(OC)cc1. The van der Waals surface area contributed by atoms with Crippen molar-refractivity contribution in [1.82, 2.24) is 4.57 Å². The Morgan fingerprint density at radius 2 is 1.66 bits per heavy atom. The number of carbonyl (C=O) groups excluding carboxylic acids is 1. The number of fused-ring (bicyclic) bond motifs is 1. The number of hydrogen-bond acceptors (Lipinski definition) is 8. The molecule has 10 heteroatoms. The lowest BCUT2D eigenvalue weighted by Crippen LogP contribution is -2.40. The van der Waals surface area contributed by atoms with Gasteiger partial charge in [-0.3, -0.25) is 9.36 Å². The van der Waals surface area contributed by atoms with Crippen molar-refractivity contribution >= 4 is 45.0 Å². The molecular weight excluding hydrogens is 680 g/mol. The van der Waals surface area contributed by atoms with Crippen LogP contribution in [0.25, 0.3) is 11.8 Å². The first-order chi connectivity index (χ1) is 22.9. The second-order valence-corrected chi connectivity index (χ2v) is 12.4. The zero-order valence-corrected chi connectivity index (χ0v) is 28.3. The van der Waals surface area contributed by atoms with Crippen LogP contribution in [0.5, 0.6) is 17.2 Å². The van der Waals surface area contributed by atoms with E-state index in [2.05, 4.69) is 15.9 Å². The molecule has 0 saturated heterocycles. The van der Waals surface area contributed by atoms with Gasteiger partial charge in [0.25, 0.3) is 5.56 Å². The Bertz CT molecular complexity index is 2120. The molecule has 0 spiro atoms. The summed E-state index contributed by atoms with van der Waals surface area (Å²) in [5.41, 5.74) is 3.66. The van der Waals surface area contributed by atoms with Crippen molar-refractivity contribution < 1.29 is 23.7 Å². The lowest BCUT2D eigenvalue weighted by Gasteiger charge is -2.26. The van der Waals surface area contributed by atoms with Crippen LogP contribution in [0.15, 0.2) is 117 Å². The topological polar surface area (TPSA) is 88.4 Å². The summed E-state index contributed by atoms with van der Waals surface area (Å²) in [5.74, 6) is 1.19. The van der Waals surface area contributed by atoms with Gasteiger partial charge in [0, 0.05) is 5.56 Å². The van der Waals surface area contributed by atoms with Crippen molar-refractivity contribution in [3.05, 3.63) is 149 Å². The van der Waals surface area contributed by atoms with Gasteiger partial charge in [-0.1, -0.05) is 84.1 Å². The molecule has 1 aliphatic heterocycles. The molecule has 0 saturated carbocycles. The van der Waals surface area contributed by atoms with Gasteiger partial charge in [0.2, 0.25) is 0 Å². The number of esters is 1. The van der Waals surface area contributed by atoms with E-state index in [9.17, 15) is 9.59 Å². The maximum atomic E-state index is 14.3. The summed E-state index contributed by atoms with van der Waals surface area (Å²) in [6, 6.07) is 29.5. The van der Waals surface area contributed by atoms with E-state index in [1.54, 1.807) is 43.9 Å². The normalized spacial score (nSPS) is 14.3. The molecule has 0 bridgehead atoms. The summed E-state index contributed by atoms with van der Waals surface area (Å²) < 4.78 is 25.4. The molecule has 1 aliphatic rings. The van der Waals surface area contributed by atoms with Crippen LogP contribution in [0.1, 0.15) is 35.2 Å². The van der Waals surface area contributed by atoms with Crippen LogP contribution in [0.4, 0.5) is 0 Å². The van der Waals surface area contributed by atoms with E-state index in [0.717, 1.165) is 16.7 Å². The fraction of sp³-hybridized carbons (Fsp3) is 0.162. The molecule has 238 valence electrons. The Balaban J connectivity index is 1.50. The van der Waals surface area contributed by atoms with Crippen LogP contribution in [-0.4, -0.2) is 31.4 Å². The third-order valence-electron chi connectivity index (χ3n) is 7.58. The Hall–Kier alpha value is -4.93. The molecule has 0 unspecified atom stereocenters. The molecule has 0 aliphatic carbocycles. The summed E-state index contributed by atoms with van der Waals surface area (Å²) in [4.78, 5) is 33.3. The van der Waals surface area contributed by atoms with Gasteiger partial charge in [0.1, 0.15) is 12.4 Å². The van der Waals surface area contributed by atoms with Crippen molar-refractivity contribution in [3.8, 4) is 17.2 Å². The molecule has 0 N–H and O–H groups in total. The monoisotopic (exact) mass is 710 g/mol. The number of ether oxygens (including phenoxy) is 4. The zero-order chi connectivity index (χ0) is 32.9. The van der Waals surface area contributed by atoms with E-state index in [4.69, 9.17) is 23.9 Å². The first-order valence-electron chi connectivity index (χ1n) is 14.9. The smallest absolute Gasteiger partial charge is 0.338 e. The molecule has 1 aromatic heterocycles. The average Bonchev–Trinajstić information content (AvgIpc) is 3.41. The predicted octanol–water partition coefficient (Wildman–Crippen LogP) is 6.29.